The minimum Gasteiger partial charge on any atom is -0.454 e. The fraction of sp³-hybridized carbons (Fsp3) is 0. The standard InChI is InChI=1S/C20H14FN3O2/c21-15-3-1-2-4-17(15)26-13-7-5-12(6-8-13)19(25)14-11-24-20-18(14)16(22)9-10-23-20/h1-11H,(H3,22,23,24). The monoisotopic (exact) mass is 347 g/mol. The number of carbonyl (C=O) groups excluding carboxylic acids is 1. The van der Waals surface area contributed by atoms with Gasteiger partial charge in [0.2, 0.25) is 0 Å². The fourth-order valence-corrected chi connectivity index (χ4v) is 2.75. The normalized spacial score (nSPS) is 10.8. The number of aromatic nitrogens is 2. The third-order valence-corrected chi connectivity index (χ3v) is 4.03. The van der Waals surface area contributed by atoms with Gasteiger partial charge < -0.3 is 15.5 Å². The van der Waals surface area contributed by atoms with Gasteiger partial charge in [0.1, 0.15) is 11.4 Å². The highest BCUT2D eigenvalue weighted by Crippen LogP contribution is 2.27. The van der Waals surface area contributed by atoms with Crippen LogP contribution in [0.15, 0.2) is 67.0 Å². The predicted octanol–water partition coefficient (Wildman–Crippen LogP) is 4.31. The van der Waals surface area contributed by atoms with Gasteiger partial charge in [0.05, 0.1) is 10.9 Å². The third kappa shape index (κ3) is 2.77. The average Bonchev–Trinajstić information content (AvgIpc) is 3.09. The van der Waals surface area contributed by atoms with Crippen LogP contribution >= 0.6 is 0 Å². The predicted molar refractivity (Wildman–Crippen MR) is 96.9 cm³/mol. The van der Waals surface area contributed by atoms with E-state index in [-0.39, 0.29) is 11.5 Å². The Morgan fingerprint density at radius 1 is 1.08 bits per heavy atom. The number of nitrogens with one attached hydrogen (secondary N) is 1. The van der Waals surface area contributed by atoms with E-state index in [2.05, 4.69) is 9.97 Å². The van der Waals surface area contributed by atoms with Gasteiger partial charge in [-0.1, -0.05) is 12.1 Å². The van der Waals surface area contributed by atoms with Crippen molar-refractivity contribution in [3.8, 4) is 11.5 Å². The smallest absolute Gasteiger partial charge is 0.195 e. The minimum absolute atomic E-state index is 0.127. The Balaban J connectivity index is 1.62. The fourth-order valence-electron chi connectivity index (χ4n) is 2.75. The zero-order valence-electron chi connectivity index (χ0n) is 13.6. The van der Waals surface area contributed by atoms with E-state index in [1.54, 1.807) is 54.9 Å². The maximum atomic E-state index is 13.7. The Labute approximate surface area is 148 Å². The number of H-pyrrole nitrogens is 1. The van der Waals surface area contributed by atoms with Crippen molar-refractivity contribution in [1.82, 2.24) is 9.97 Å². The van der Waals surface area contributed by atoms with E-state index in [0.29, 0.717) is 33.6 Å². The first-order valence-corrected chi connectivity index (χ1v) is 7.92. The molecule has 3 N–H and O–H groups in total. The van der Waals surface area contributed by atoms with Crippen molar-refractivity contribution in [3.05, 3.63) is 83.9 Å². The summed E-state index contributed by atoms with van der Waals surface area (Å²) in [5.41, 5.74) is 7.94. The molecule has 0 aliphatic rings. The molecule has 2 aromatic carbocycles. The molecule has 0 unspecified atom stereocenters. The van der Waals surface area contributed by atoms with Crippen LogP contribution in [0.1, 0.15) is 15.9 Å². The zero-order chi connectivity index (χ0) is 18.1. The van der Waals surface area contributed by atoms with Gasteiger partial charge >= 0.3 is 0 Å². The molecule has 2 heterocycles. The number of nitrogens with two attached hydrogens (primary N) is 1. The molecule has 0 bridgehead atoms. The highest BCUT2D eigenvalue weighted by molar-refractivity contribution is 6.18. The molecule has 0 spiro atoms. The first-order valence-electron chi connectivity index (χ1n) is 7.92. The first-order chi connectivity index (χ1) is 12.6. The maximum absolute atomic E-state index is 13.7. The third-order valence-electron chi connectivity index (χ3n) is 4.03. The van der Waals surface area contributed by atoms with Crippen molar-refractivity contribution >= 4 is 22.5 Å². The summed E-state index contributed by atoms with van der Waals surface area (Å²) in [6.45, 7) is 0. The van der Waals surface area contributed by atoms with E-state index < -0.39 is 5.82 Å². The van der Waals surface area contributed by atoms with E-state index in [4.69, 9.17) is 10.5 Å². The van der Waals surface area contributed by atoms with Gasteiger partial charge in [-0.05, 0) is 42.5 Å². The molecule has 4 aromatic rings. The number of carbonyl (C=O) groups is 1. The van der Waals surface area contributed by atoms with Crippen molar-refractivity contribution in [1.29, 1.82) is 0 Å². The molecule has 2 aromatic heterocycles. The van der Waals surface area contributed by atoms with Crippen LogP contribution in [0.25, 0.3) is 11.0 Å². The number of fused-ring (bicyclic) bond motifs is 1. The largest absolute Gasteiger partial charge is 0.454 e. The molecule has 6 heteroatoms. The second-order valence-corrected chi connectivity index (χ2v) is 5.71. The molecule has 0 fully saturated rings. The summed E-state index contributed by atoms with van der Waals surface area (Å²) in [4.78, 5) is 19.9. The molecule has 0 atom stereocenters. The number of para-hydroxylation sites is 1. The number of hydrogen-bond donors (Lipinski definition) is 2. The summed E-state index contributed by atoms with van der Waals surface area (Å²) in [5, 5.41) is 0.601. The van der Waals surface area contributed by atoms with Crippen LogP contribution in [0, 0.1) is 5.82 Å². The summed E-state index contributed by atoms with van der Waals surface area (Å²) < 4.78 is 19.2. The summed E-state index contributed by atoms with van der Waals surface area (Å²) in [7, 11) is 0. The minimum atomic E-state index is -0.450. The molecular formula is C20H14FN3O2. The average molecular weight is 347 g/mol. The van der Waals surface area contributed by atoms with Crippen molar-refractivity contribution in [2.45, 2.75) is 0 Å². The number of benzene rings is 2. The summed E-state index contributed by atoms with van der Waals surface area (Å²) in [6.07, 6.45) is 3.18. The summed E-state index contributed by atoms with van der Waals surface area (Å²) >= 11 is 0. The van der Waals surface area contributed by atoms with E-state index in [0.717, 1.165) is 0 Å². The molecule has 0 aliphatic carbocycles. The number of pyridine rings is 1. The Morgan fingerprint density at radius 3 is 2.62 bits per heavy atom. The van der Waals surface area contributed by atoms with Crippen LogP contribution in [0.3, 0.4) is 0 Å². The molecule has 0 aliphatic heterocycles. The Bertz CT molecular complexity index is 1100. The van der Waals surface area contributed by atoms with Gasteiger partial charge in [0.25, 0.3) is 0 Å². The van der Waals surface area contributed by atoms with Crippen LogP contribution in [0.4, 0.5) is 10.1 Å². The lowest BCUT2D eigenvalue weighted by Gasteiger charge is -2.07. The van der Waals surface area contributed by atoms with Crippen LogP contribution in [-0.2, 0) is 0 Å². The number of ketones is 1. The quantitative estimate of drug-likeness (QED) is 0.539. The van der Waals surface area contributed by atoms with E-state index in [1.165, 1.54) is 12.1 Å². The number of ether oxygens (including phenoxy) is 1. The van der Waals surface area contributed by atoms with E-state index >= 15 is 0 Å². The Hall–Kier alpha value is -3.67. The molecule has 0 saturated carbocycles. The number of nitrogen functional groups attached to an aromatic ring is 1. The van der Waals surface area contributed by atoms with E-state index in [1.807, 2.05) is 0 Å². The number of halogens is 1. The van der Waals surface area contributed by atoms with Crippen LogP contribution in [0.2, 0.25) is 0 Å². The number of nitrogens with zero attached hydrogens (tertiary/aromatic N) is 1. The summed E-state index contributed by atoms with van der Waals surface area (Å²) in [6, 6.07) is 14.3. The van der Waals surface area contributed by atoms with Crippen molar-refractivity contribution < 1.29 is 13.9 Å². The lowest BCUT2D eigenvalue weighted by molar-refractivity contribution is 0.104. The van der Waals surface area contributed by atoms with Crippen LogP contribution in [-0.4, -0.2) is 15.8 Å². The number of aromatic amines is 1. The lowest BCUT2D eigenvalue weighted by atomic mass is 10.0. The molecule has 5 nitrogen and oxygen atoms in total. The Morgan fingerprint density at radius 2 is 1.85 bits per heavy atom. The van der Waals surface area contributed by atoms with Crippen LogP contribution in [0.5, 0.6) is 11.5 Å². The molecular weight excluding hydrogens is 333 g/mol. The maximum Gasteiger partial charge on any atom is 0.195 e. The molecule has 0 radical (unpaired) electrons. The van der Waals surface area contributed by atoms with Crippen molar-refractivity contribution in [2.75, 3.05) is 5.73 Å². The van der Waals surface area contributed by atoms with Crippen molar-refractivity contribution in [3.63, 3.8) is 0 Å². The van der Waals surface area contributed by atoms with Gasteiger partial charge in [-0.15, -0.1) is 0 Å². The number of hydrogen-bond acceptors (Lipinski definition) is 4. The van der Waals surface area contributed by atoms with Gasteiger partial charge in [0.15, 0.2) is 17.3 Å². The molecule has 0 amide bonds. The van der Waals surface area contributed by atoms with Gasteiger partial charge in [-0.25, -0.2) is 9.37 Å². The first kappa shape index (κ1) is 15.8. The van der Waals surface area contributed by atoms with Crippen LogP contribution < -0.4 is 10.5 Å². The molecule has 26 heavy (non-hydrogen) atoms. The molecule has 128 valence electrons. The lowest BCUT2D eigenvalue weighted by Crippen LogP contribution is -2.01. The topological polar surface area (TPSA) is 81.0 Å². The zero-order valence-corrected chi connectivity index (χ0v) is 13.6. The van der Waals surface area contributed by atoms with E-state index in [9.17, 15) is 9.18 Å². The SMILES string of the molecule is Nc1ccnc2[nH]cc(C(=O)c3ccc(Oc4ccccc4F)cc3)c12. The van der Waals surface area contributed by atoms with Gasteiger partial charge in [0, 0.05) is 23.6 Å². The van der Waals surface area contributed by atoms with Crippen molar-refractivity contribution in [2.24, 2.45) is 0 Å². The van der Waals surface area contributed by atoms with Gasteiger partial charge in [-0.2, -0.15) is 0 Å². The summed E-state index contributed by atoms with van der Waals surface area (Å²) in [5.74, 6) is -0.0726. The Kier molecular flexibility index (Phi) is 3.85. The molecule has 0 saturated heterocycles. The van der Waals surface area contributed by atoms with Gasteiger partial charge in [-0.3, -0.25) is 4.79 Å². The number of rotatable bonds is 4. The number of anilines is 1. The second-order valence-electron chi connectivity index (χ2n) is 5.71. The second kappa shape index (κ2) is 6.33. The molecule has 4 rings (SSSR count). The highest BCUT2D eigenvalue weighted by atomic mass is 19.1. The highest BCUT2D eigenvalue weighted by Gasteiger charge is 2.17.